The van der Waals surface area contributed by atoms with Crippen LogP contribution in [-0.2, 0) is 17.6 Å². The van der Waals surface area contributed by atoms with Crippen molar-refractivity contribution in [2.45, 2.75) is 45.6 Å². The predicted molar refractivity (Wildman–Crippen MR) is 125 cm³/mol. The number of amides is 1. The molecule has 1 heterocycles. The Hall–Kier alpha value is -3.39. The number of carbonyl (C=O) groups excluding carboxylic acids is 1. The molecule has 0 fully saturated rings. The van der Waals surface area contributed by atoms with E-state index in [4.69, 9.17) is 9.84 Å². The van der Waals surface area contributed by atoms with E-state index in [1.165, 1.54) is 0 Å². The van der Waals surface area contributed by atoms with E-state index < -0.39 is 11.7 Å². The van der Waals surface area contributed by atoms with Gasteiger partial charge in [-0.15, -0.1) is 10.2 Å². The molecule has 1 amide bonds. The first-order chi connectivity index (χ1) is 15.3. The lowest BCUT2D eigenvalue weighted by Gasteiger charge is -2.19. The van der Waals surface area contributed by atoms with Gasteiger partial charge in [-0.3, -0.25) is 0 Å². The molecule has 0 aliphatic rings. The van der Waals surface area contributed by atoms with Crippen LogP contribution in [0.25, 0.3) is 11.4 Å². The third-order valence-electron chi connectivity index (χ3n) is 4.61. The second-order valence-electron chi connectivity index (χ2n) is 8.55. The van der Waals surface area contributed by atoms with Gasteiger partial charge in [-0.1, -0.05) is 30.3 Å². The summed E-state index contributed by atoms with van der Waals surface area (Å²) in [5, 5.41) is 23.4. The minimum absolute atomic E-state index is 0.180. The van der Waals surface area contributed by atoms with Crippen molar-refractivity contribution >= 4 is 17.7 Å². The molecule has 170 valence electrons. The van der Waals surface area contributed by atoms with Crippen molar-refractivity contribution < 1.29 is 14.6 Å². The van der Waals surface area contributed by atoms with Crippen molar-refractivity contribution in [3.8, 4) is 11.4 Å². The van der Waals surface area contributed by atoms with Crippen LogP contribution in [0.4, 0.5) is 16.4 Å². The van der Waals surface area contributed by atoms with Crippen molar-refractivity contribution in [1.29, 1.82) is 0 Å². The van der Waals surface area contributed by atoms with Gasteiger partial charge in [0, 0.05) is 24.4 Å². The number of aromatic amines is 1. The summed E-state index contributed by atoms with van der Waals surface area (Å²) in [7, 11) is 0. The third kappa shape index (κ3) is 7.39. The molecule has 3 rings (SSSR count). The smallest absolute Gasteiger partial charge is 0.407 e. The van der Waals surface area contributed by atoms with Crippen molar-refractivity contribution in [3.05, 3.63) is 59.7 Å². The molecule has 2 aromatic carbocycles. The Labute approximate surface area is 188 Å². The van der Waals surface area contributed by atoms with Gasteiger partial charge >= 0.3 is 6.09 Å². The summed E-state index contributed by atoms with van der Waals surface area (Å²) in [6.07, 6.45) is 1.86. The maximum atomic E-state index is 11.7. The summed E-state index contributed by atoms with van der Waals surface area (Å²) >= 11 is 0. The SMILES string of the molecule is CC(C)(C)OC(=O)NCCc1ccc(Nc2nnc(-c3cccc(CCCO)c3)[nH]2)cc1. The van der Waals surface area contributed by atoms with Crippen LogP contribution in [0.2, 0.25) is 0 Å². The maximum absolute atomic E-state index is 11.7. The zero-order chi connectivity index (χ0) is 23.0. The molecule has 8 heteroatoms. The first-order valence-electron chi connectivity index (χ1n) is 10.8. The molecular formula is C24H31N5O3. The molecule has 0 unspecified atom stereocenters. The number of aromatic nitrogens is 3. The molecule has 0 bridgehead atoms. The number of nitrogens with one attached hydrogen (secondary N) is 3. The monoisotopic (exact) mass is 437 g/mol. The van der Waals surface area contributed by atoms with E-state index in [-0.39, 0.29) is 6.61 Å². The van der Waals surface area contributed by atoms with Crippen molar-refractivity contribution in [3.63, 3.8) is 0 Å². The van der Waals surface area contributed by atoms with Gasteiger partial charge in [0.15, 0.2) is 5.82 Å². The van der Waals surface area contributed by atoms with Crippen molar-refractivity contribution in [1.82, 2.24) is 20.5 Å². The van der Waals surface area contributed by atoms with Crippen LogP contribution in [0, 0.1) is 0 Å². The second-order valence-corrected chi connectivity index (χ2v) is 8.55. The van der Waals surface area contributed by atoms with E-state index in [2.05, 4.69) is 31.9 Å². The summed E-state index contributed by atoms with van der Waals surface area (Å²) in [6, 6.07) is 16.0. The number of rotatable bonds is 9. The number of H-pyrrole nitrogens is 1. The Bertz CT molecular complexity index is 1010. The average molecular weight is 438 g/mol. The van der Waals surface area contributed by atoms with E-state index in [0.717, 1.165) is 35.2 Å². The van der Waals surface area contributed by atoms with Gasteiger partial charge in [-0.2, -0.15) is 0 Å². The minimum Gasteiger partial charge on any atom is -0.444 e. The third-order valence-corrected chi connectivity index (χ3v) is 4.61. The fourth-order valence-electron chi connectivity index (χ4n) is 3.12. The van der Waals surface area contributed by atoms with Gasteiger partial charge in [0.2, 0.25) is 5.95 Å². The molecule has 8 nitrogen and oxygen atoms in total. The minimum atomic E-state index is -0.499. The molecule has 0 saturated carbocycles. The number of aliphatic hydroxyl groups is 1. The second kappa shape index (κ2) is 10.8. The molecule has 32 heavy (non-hydrogen) atoms. The Morgan fingerprint density at radius 2 is 1.84 bits per heavy atom. The van der Waals surface area contributed by atoms with E-state index >= 15 is 0 Å². The zero-order valence-corrected chi connectivity index (χ0v) is 18.8. The van der Waals surface area contributed by atoms with Crippen LogP contribution in [-0.4, -0.2) is 45.1 Å². The van der Waals surface area contributed by atoms with Crippen LogP contribution in [0.15, 0.2) is 48.5 Å². The number of aryl methyl sites for hydroxylation is 1. The first kappa shape index (κ1) is 23.3. The van der Waals surface area contributed by atoms with Crippen LogP contribution >= 0.6 is 0 Å². The maximum Gasteiger partial charge on any atom is 0.407 e. The normalized spacial score (nSPS) is 11.2. The number of anilines is 2. The highest BCUT2D eigenvalue weighted by molar-refractivity contribution is 5.67. The molecule has 0 aliphatic carbocycles. The average Bonchev–Trinajstić information content (AvgIpc) is 3.21. The highest BCUT2D eigenvalue weighted by Crippen LogP contribution is 2.20. The summed E-state index contributed by atoms with van der Waals surface area (Å²) < 4.78 is 5.23. The molecule has 0 radical (unpaired) electrons. The number of hydrogen-bond donors (Lipinski definition) is 4. The molecule has 0 spiro atoms. The fraction of sp³-hybridized carbons (Fsp3) is 0.375. The van der Waals surface area contributed by atoms with E-state index in [1.807, 2.05) is 63.2 Å². The molecular weight excluding hydrogens is 406 g/mol. The van der Waals surface area contributed by atoms with Crippen LogP contribution < -0.4 is 10.6 Å². The number of ether oxygens (including phenoxy) is 1. The fourth-order valence-corrected chi connectivity index (χ4v) is 3.12. The van der Waals surface area contributed by atoms with Gasteiger partial charge in [-0.05, 0) is 69.4 Å². The summed E-state index contributed by atoms with van der Waals surface area (Å²) in [5.41, 5.74) is 3.59. The largest absolute Gasteiger partial charge is 0.444 e. The van der Waals surface area contributed by atoms with E-state index in [1.54, 1.807) is 0 Å². The van der Waals surface area contributed by atoms with E-state index in [9.17, 15) is 4.79 Å². The molecule has 3 aromatic rings. The first-order valence-corrected chi connectivity index (χ1v) is 10.8. The van der Waals surface area contributed by atoms with Crippen molar-refractivity contribution in [2.75, 3.05) is 18.5 Å². The van der Waals surface area contributed by atoms with Gasteiger partial charge in [0.1, 0.15) is 5.60 Å². The molecule has 1 aromatic heterocycles. The highest BCUT2D eigenvalue weighted by atomic mass is 16.6. The molecule has 0 atom stereocenters. The quantitative estimate of drug-likeness (QED) is 0.399. The standard InChI is InChI=1S/C24H31N5O3/c1-24(2,3)32-23(31)25-14-13-17-9-11-20(12-10-17)26-22-27-21(28-29-22)19-8-4-6-18(16-19)7-5-15-30/h4,6,8-12,16,30H,5,7,13-15H2,1-3H3,(H,25,31)(H2,26,27,28,29). The van der Waals surface area contributed by atoms with Crippen LogP contribution in [0.3, 0.4) is 0 Å². The summed E-state index contributed by atoms with van der Waals surface area (Å²) in [5.74, 6) is 1.24. The number of carbonyl (C=O) groups is 1. The van der Waals surface area contributed by atoms with Gasteiger partial charge in [-0.25, -0.2) is 4.79 Å². The van der Waals surface area contributed by atoms with Crippen LogP contribution in [0.1, 0.15) is 38.3 Å². The van der Waals surface area contributed by atoms with Crippen LogP contribution in [0.5, 0.6) is 0 Å². The topological polar surface area (TPSA) is 112 Å². The zero-order valence-electron chi connectivity index (χ0n) is 18.8. The number of aliphatic hydroxyl groups excluding tert-OH is 1. The lowest BCUT2D eigenvalue weighted by atomic mass is 10.1. The lowest BCUT2D eigenvalue weighted by molar-refractivity contribution is 0.0528. The van der Waals surface area contributed by atoms with Gasteiger partial charge in [0.05, 0.1) is 0 Å². The Kier molecular flexibility index (Phi) is 7.83. The van der Waals surface area contributed by atoms with Crippen molar-refractivity contribution in [2.24, 2.45) is 0 Å². The van der Waals surface area contributed by atoms with Gasteiger partial charge in [0.25, 0.3) is 0 Å². The summed E-state index contributed by atoms with van der Waals surface area (Å²) in [4.78, 5) is 14.9. The number of hydrogen-bond acceptors (Lipinski definition) is 6. The Balaban J connectivity index is 1.52. The molecule has 0 aliphatic heterocycles. The predicted octanol–water partition coefficient (Wildman–Crippen LogP) is 4.21. The highest BCUT2D eigenvalue weighted by Gasteiger charge is 2.15. The number of benzene rings is 2. The summed E-state index contributed by atoms with van der Waals surface area (Å²) in [6.45, 7) is 6.20. The molecule has 0 saturated heterocycles. The number of alkyl carbamates (subject to hydrolysis) is 1. The van der Waals surface area contributed by atoms with Gasteiger partial charge < -0.3 is 25.5 Å². The lowest BCUT2D eigenvalue weighted by Crippen LogP contribution is -2.33. The van der Waals surface area contributed by atoms with E-state index in [0.29, 0.717) is 24.7 Å². The Morgan fingerprint density at radius 1 is 1.06 bits per heavy atom. The number of nitrogens with zero attached hydrogens (tertiary/aromatic N) is 2. The Morgan fingerprint density at radius 3 is 2.56 bits per heavy atom. The molecule has 4 N–H and O–H groups in total.